The highest BCUT2D eigenvalue weighted by Crippen LogP contribution is 2.36. The molecule has 4 rings (SSSR count). The molecule has 1 fully saturated rings. The average molecular weight is 399 g/mol. The van der Waals surface area contributed by atoms with Gasteiger partial charge in [-0.3, -0.25) is 4.98 Å². The van der Waals surface area contributed by atoms with Crippen LogP contribution in [0.25, 0.3) is 11.1 Å². The first-order valence-corrected chi connectivity index (χ1v) is 11.3. The van der Waals surface area contributed by atoms with E-state index in [4.69, 9.17) is 4.98 Å². The summed E-state index contributed by atoms with van der Waals surface area (Å²) < 4.78 is 0. The van der Waals surface area contributed by atoms with Gasteiger partial charge >= 0.3 is 0 Å². The van der Waals surface area contributed by atoms with Gasteiger partial charge in [0.25, 0.3) is 0 Å². The zero-order valence-electron chi connectivity index (χ0n) is 19.0. The molecular weight excluding hydrogens is 364 g/mol. The molecule has 156 valence electrons. The van der Waals surface area contributed by atoms with Crippen molar-refractivity contribution in [1.82, 2.24) is 10.3 Å². The molecule has 0 spiro atoms. The van der Waals surface area contributed by atoms with E-state index >= 15 is 0 Å². The standard InChI is InChI=1S/C28H34N2/c1-18-9-6-7-10-25(18)23-13-14-24(20(3)16-23)17-29-27-12-8-11-26(27)28-21(4)15-19(2)22(5)30-28/h6-7,9-10,13-16,26-27,29H,8,11-12,17H2,1-5H3. The molecule has 30 heavy (non-hydrogen) atoms. The van der Waals surface area contributed by atoms with E-state index in [-0.39, 0.29) is 0 Å². The molecule has 0 radical (unpaired) electrons. The SMILES string of the molecule is Cc1cc(-c2ccccc2C)ccc1CNC1CCCC1c1nc(C)c(C)cc1C. The van der Waals surface area contributed by atoms with E-state index in [1.807, 2.05) is 0 Å². The summed E-state index contributed by atoms with van der Waals surface area (Å²) in [6.45, 7) is 11.9. The first kappa shape index (κ1) is 20.8. The largest absolute Gasteiger partial charge is 0.309 e. The molecule has 2 nitrogen and oxygen atoms in total. The molecule has 2 atom stereocenters. The zero-order valence-corrected chi connectivity index (χ0v) is 19.0. The third-order valence-corrected chi connectivity index (χ3v) is 6.92. The minimum atomic E-state index is 0.508. The molecule has 1 aromatic heterocycles. The highest BCUT2D eigenvalue weighted by molar-refractivity contribution is 5.68. The van der Waals surface area contributed by atoms with Gasteiger partial charge in [-0.15, -0.1) is 0 Å². The molecule has 0 aliphatic heterocycles. The Morgan fingerprint density at radius 1 is 0.833 bits per heavy atom. The van der Waals surface area contributed by atoms with Gasteiger partial charge in [-0.2, -0.15) is 0 Å². The van der Waals surface area contributed by atoms with Crippen LogP contribution in [-0.2, 0) is 6.54 Å². The van der Waals surface area contributed by atoms with Gasteiger partial charge in [0.1, 0.15) is 0 Å². The Hall–Kier alpha value is -2.45. The Kier molecular flexibility index (Phi) is 6.06. The number of pyridine rings is 1. The third kappa shape index (κ3) is 4.20. The number of hydrogen-bond donors (Lipinski definition) is 1. The molecule has 0 amide bonds. The lowest BCUT2D eigenvalue weighted by molar-refractivity contribution is 0.469. The maximum Gasteiger partial charge on any atom is 0.0482 e. The molecule has 2 unspecified atom stereocenters. The maximum absolute atomic E-state index is 4.99. The van der Waals surface area contributed by atoms with Crippen molar-refractivity contribution in [3.8, 4) is 11.1 Å². The number of aryl methyl sites for hydroxylation is 5. The lowest BCUT2D eigenvalue weighted by atomic mass is 9.93. The van der Waals surface area contributed by atoms with E-state index in [1.165, 1.54) is 69.6 Å². The van der Waals surface area contributed by atoms with Crippen LogP contribution in [0.2, 0.25) is 0 Å². The van der Waals surface area contributed by atoms with Gasteiger partial charge in [0, 0.05) is 29.9 Å². The fourth-order valence-corrected chi connectivity index (χ4v) is 4.97. The Morgan fingerprint density at radius 3 is 2.40 bits per heavy atom. The zero-order chi connectivity index (χ0) is 21.3. The second kappa shape index (κ2) is 8.73. The fourth-order valence-electron chi connectivity index (χ4n) is 4.97. The van der Waals surface area contributed by atoms with Crippen molar-refractivity contribution >= 4 is 0 Å². The Morgan fingerprint density at radius 2 is 1.63 bits per heavy atom. The average Bonchev–Trinajstić information content (AvgIpc) is 3.18. The highest BCUT2D eigenvalue weighted by atomic mass is 14.9. The van der Waals surface area contributed by atoms with Gasteiger partial charge in [-0.05, 0) is 86.4 Å². The summed E-state index contributed by atoms with van der Waals surface area (Å²) in [5, 5.41) is 3.88. The van der Waals surface area contributed by atoms with Crippen molar-refractivity contribution in [2.24, 2.45) is 0 Å². The van der Waals surface area contributed by atoms with Crippen molar-refractivity contribution in [3.63, 3.8) is 0 Å². The van der Waals surface area contributed by atoms with Crippen molar-refractivity contribution < 1.29 is 0 Å². The molecule has 2 heteroatoms. The molecular formula is C28H34N2. The van der Waals surface area contributed by atoms with E-state index in [9.17, 15) is 0 Å². The van der Waals surface area contributed by atoms with Crippen LogP contribution in [0.1, 0.15) is 64.4 Å². The monoisotopic (exact) mass is 398 g/mol. The van der Waals surface area contributed by atoms with E-state index in [0.717, 1.165) is 6.54 Å². The summed E-state index contributed by atoms with van der Waals surface area (Å²) in [4.78, 5) is 4.99. The molecule has 0 saturated heterocycles. The van der Waals surface area contributed by atoms with Crippen molar-refractivity contribution in [2.75, 3.05) is 0 Å². The number of nitrogens with zero attached hydrogens (tertiary/aromatic N) is 1. The highest BCUT2D eigenvalue weighted by Gasteiger charge is 2.30. The normalized spacial score (nSPS) is 18.7. The third-order valence-electron chi connectivity index (χ3n) is 6.92. The van der Waals surface area contributed by atoms with Crippen LogP contribution < -0.4 is 5.32 Å². The van der Waals surface area contributed by atoms with E-state index in [2.05, 4.69) is 88.5 Å². The minimum Gasteiger partial charge on any atom is -0.309 e. The van der Waals surface area contributed by atoms with Gasteiger partial charge in [0.05, 0.1) is 0 Å². The van der Waals surface area contributed by atoms with Gasteiger partial charge in [-0.1, -0.05) is 55.0 Å². The van der Waals surface area contributed by atoms with Gasteiger partial charge in [0.2, 0.25) is 0 Å². The molecule has 1 aliphatic carbocycles. The predicted octanol–water partition coefficient (Wildman–Crippen LogP) is 6.72. The van der Waals surface area contributed by atoms with Crippen LogP contribution >= 0.6 is 0 Å². The van der Waals surface area contributed by atoms with E-state index < -0.39 is 0 Å². The summed E-state index contributed by atoms with van der Waals surface area (Å²) in [6, 6.07) is 18.3. The lowest BCUT2D eigenvalue weighted by Gasteiger charge is -2.23. The van der Waals surface area contributed by atoms with Crippen LogP contribution in [-0.4, -0.2) is 11.0 Å². The van der Waals surface area contributed by atoms with Gasteiger partial charge in [-0.25, -0.2) is 0 Å². The van der Waals surface area contributed by atoms with Crippen LogP contribution in [0.4, 0.5) is 0 Å². The molecule has 2 aromatic carbocycles. The number of aromatic nitrogens is 1. The lowest BCUT2D eigenvalue weighted by Crippen LogP contribution is -2.31. The summed E-state index contributed by atoms with van der Waals surface area (Å²) >= 11 is 0. The molecule has 3 aromatic rings. The first-order chi connectivity index (χ1) is 14.4. The molecule has 1 N–H and O–H groups in total. The topological polar surface area (TPSA) is 24.9 Å². The smallest absolute Gasteiger partial charge is 0.0482 e. The Bertz CT molecular complexity index is 1050. The van der Waals surface area contributed by atoms with Gasteiger partial charge < -0.3 is 5.32 Å². The summed E-state index contributed by atoms with van der Waals surface area (Å²) in [5.41, 5.74) is 11.8. The summed E-state index contributed by atoms with van der Waals surface area (Å²) in [7, 11) is 0. The van der Waals surface area contributed by atoms with Crippen LogP contribution in [0, 0.1) is 34.6 Å². The summed E-state index contributed by atoms with van der Waals surface area (Å²) in [5.74, 6) is 0.524. The molecule has 1 aliphatic rings. The molecule has 1 heterocycles. The van der Waals surface area contributed by atoms with Crippen molar-refractivity contribution in [2.45, 2.75) is 72.4 Å². The van der Waals surface area contributed by atoms with E-state index in [1.54, 1.807) is 0 Å². The molecule has 1 saturated carbocycles. The van der Waals surface area contributed by atoms with Gasteiger partial charge in [0.15, 0.2) is 0 Å². The van der Waals surface area contributed by atoms with Crippen LogP contribution in [0.15, 0.2) is 48.5 Å². The predicted molar refractivity (Wildman–Crippen MR) is 127 cm³/mol. The quantitative estimate of drug-likeness (QED) is 0.516. The van der Waals surface area contributed by atoms with E-state index in [0.29, 0.717) is 12.0 Å². The molecule has 0 bridgehead atoms. The van der Waals surface area contributed by atoms with Crippen LogP contribution in [0.5, 0.6) is 0 Å². The second-order valence-electron chi connectivity index (χ2n) is 9.07. The number of rotatable bonds is 5. The number of benzene rings is 2. The number of hydrogen-bond acceptors (Lipinski definition) is 2. The van der Waals surface area contributed by atoms with Crippen LogP contribution in [0.3, 0.4) is 0 Å². The minimum absolute atomic E-state index is 0.508. The first-order valence-electron chi connectivity index (χ1n) is 11.3. The number of nitrogens with one attached hydrogen (secondary N) is 1. The Labute approximate surface area is 181 Å². The fraction of sp³-hybridized carbons (Fsp3) is 0.393. The van der Waals surface area contributed by atoms with Crippen molar-refractivity contribution in [3.05, 3.63) is 87.7 Å². The second-order valence-corrected chi connectivity index (χ2v) is 9.07. The maximum atomic E-state index is 4.99. The summed E-state index contributed by atoms with van der Waals surface area (Å²) in [6.07, 6.45) is 3.75. The Balaban J connectivity index is 1.49. The van der Waals surface area contributed by atoms with Crippen molar-refractivity contribution in [1.29, 1.82) is 0 Å².